The Morgan fingerprint density at radius 3 is 2.88 bits per heavy atom. The lowest BCUT2D eigenvalue weighted by atomic mass is 10.0. The number of H-pyrrole nitrogens is 1. The zero-order chi connectivity index (χ0) is 17.4. The van der Waals surface area contributed by atoms with Crippen LogP contribution in [0.4, 0.5) is 0 Å². The van der Waals surface area contributed by atoms with E-state index >= 15 is 0 Å². The molecular weight excluding hydrogens is 314 g/mol. The molecule has 2 fully saturated rings. The first-order valence-electron chi connectivity index (χ1n) is 9.28. The number of fused-ring (bicyclic) bond motifs is 1. The first kappa shape index (κ1) is 16.6. The Kier molecular flexibility index (Phi) is 4.52. The maximum absolute atomic E-state index is 12.9. The van der Waals surface area contributed by atoms with Crippen molar-refractivity contribution in [3.05, 3.63) is 35.5 Å². The number of benzene rings is 1. The molecular formula is C20H27N3O2. The average molecular weight is 341 g/mol. The van der Waals surface area contributed by atoms with Gasteiger partial charge < -0.3 is 14.6 Å². The van der Waals surface area contributed by atoms with E-state index in [2.05, 4.69) is 46.8 Å². The molecule has 2 aliphatic heterocycles. The van der Waals surface area contributed by atoms with Crippen molar-refractivity contribution in [1.29, 1.82) is 0 Å². The molecule has 0 radical (unpaired) electrons. The zero-order valence-corrected chi connectivity index (χ0v) is 15.1. The summed E-state index contributed by atoms with van der Waals surface area (Å²) < 4.78 is 5.46. The molecule has 1 N–H and O–H groups in total. The molecule has 1 aromatic heterocycles. The smallest absolute Gasteiger partial charge is 0.227 e. The van der Waals surface area contributed by atoms with Crippen LogP contribution in [0.15, 0.2) is 24.4 Å². The molecule has 1 aromatic carbocycles. The number of ether oxygens (including phenoxy) is 1. The van der Waals surface area contributed by atoms with Crippen molar-refractivity contribution in [2.24, 2.45) is 5.92 Å². The molecule has 2 aromatic rings. The number of aromatic amines is 1. The third kappa shape index (κ3) is 3.31. The van der Waals surface area contributed by atoms with Crippen LogP contribution in [0, 0.1) is 12.8 Å². The van der Waals surface area contributed by atoms with Gasteiger partial charge in [-0.1, -0.05) is 19.1 Å². The minimum atomic E-state index is 0.240. The molecule has 2 aliphatic rings. The van der Waals surface area contributed by atoms with Crippen molar-refractivity contribution in [3.63, 3.8) is 0 Å². The van der Waals surface area contributed by atoms with E-state index in [0.717, 1.165) is 55.9 Å². The van der Waals surface area contributed by atoms with Crippen LogP contribution in [-0.4, -0.2) is 66.1 Å². The maximum atomic E-state index is 12.9. The maximum Gasteiger partial charge on any atom is 0.227 e. The predicted octanol–water partition coefficient (Wildman–Crippen LogP) is 2.20. The van der Waals surface area contributed by atoms with Crippen molar-refractivity contribution in [2.45, 2.75) is 26.3 Å². The van der Waals surface area contributed by atoms with Gasteiger partial charge in [-0.05, 0) is 30.0 Å². The van der Waals surface area contributed by atoms with Gasteiger partial charge in [-0.15, -0.1) is 0 Å². The monoisotopic (exact) mass is 341 g/mol. The minimum absolute atomic E-state index is 0.240. The molecule has 5 nitrogen and oxygen atoms in total. The Morgan fingerprint density at radius 1 is 1.28 bits per heavy atom. The topological polar surface area (TPSA) is 48.6 Å². The van der Waals surface area contributed by atoms with Gasteiger partial charge in [-0.25, -0.2) is 0 Å². The molecule has 2 atom stereocenters. The fourth-order valence-corrected chi connectivity index (χ4v) is 4.26. The van der Waals surface area contributed by atoms with E-state index in [1.165, 1.54) is 5.56 Å². The van der Waals surface area contributed by atoms with Crippen molar-refractivity contribution in [1.82, 2.24) is 14.8 Å². The number of rotatable bonds is 3. The van der Waals surface area contributed by atoms with Gasteiger partial charge in [-0.2, -0.15) is 0 Å². The fourth-order valence-electron chi connectivity index (χ4n) is 4.26. The first-order valence-corrected chi connectivity index (χ1v) is 9.28. The lowest BCUT2D eigenvalue weighted by Crippen LogP contribution is -2.47. The summed E-state index contributed by atoms with van der Waals surface area (Å²) in [4.78, 5) is 20.7. The Bertz CT molecular complexity index is 763. The molecule has 4 rings (SSSR count). The molecule has 2 saturated heterocycles. The Morgan fingerprint density at radius 2 is 2.08 bits per heavy atom. The number of nitrogens with zero attached hydrogens (tertiary/aromatic N) is 2. The SMILES string of the molecule is Cc1ccc2c(CC(=O)N3C[C@@H](C)[C@@H](N4CCOCC4)C3)c[nH]c2c1. The second-order valence-electron chi connectivity index (χ2n) is 7.53. The molecule has 0 aliphatic carbocycles. The lowest BCUT2D eigenvalue weighted by molar-refractivity contribution is -0.129. The van der Waals surface area contributed by atoms with E-state index in [4.69, 9.17) is 4.74 Å². The summed E-state index contributed by atoms with van der Waals surface area (Å²) in [5, 5.41) is 1.16. The second-order valence-corrected chi connectivity index (χ2v) is 7.53. The van der Waals surface area contributed by atoms with Gasteiger partial charge in [-0.3, -0.25) is 9.69 Å². The van der Waals surface area contributed by atoms with E-state index in [0.29, 0.717) is 18.4 Å². The van der Waals surface area contributed by atoms with Crippen molar-refractivity contribution in [3.8, 4) is 0 Å². The van der Waals surface area contributed by atoms with Crippen LogP contribution in [0.5, 0.6) is 0 Å². The Balaban J connectivity index is 1.44. The van der Waals surface area contributed by atoms with Crippen LogP contribution < -0.4 is 0 Å². The summed E-state index contributed by atoms with van der Waals surface area (Å²) in [5.41, 5.74) is 3.44. The highest BCUT2D eigenvalue weighted by atomic mass is 16.5. The molecule has 0 bridgehead atoms. The number of aromatic nitrogens is 1. The van der Waals surface area contributed by atoms with Crippen molar-refractivity contribution in [2.75, 3.05) is 39.4 Å². The quantitative estimate of drug-likeness (QED) is 0.931. The number of amides is 1. The number of hydrogen-bond donors (Lipinski definition) is 1. The Hall–Kier alpha value is -1.85. The van der Waals surface area contributed by atoms with Crippen LogP contribution in [0.3, 0.4) is 0 Å². The van der Waals surface area contributed by atoms with E-state index in [1.54, 1.807) is 0 Å². The first-order chi connectivity index (χ1) is 12.1. The molecule has 25 heavy (non-hydrogen) atoms. The van der Waals surface area contributed by atoms with Crippen molar-refractivity contribution < 1.29 is 9.53 Å². The van der Waals surface area contributed by atoms with Crippen LogP contribution in [0.25, 0.3) is 10.9 Å². The van der Waals surface area contributed by atoms with Crippen molar-refractivity contribution >= 4 is 16.8 Å². The van der Waals surface area contributed by atoms with E-state index in [9.17, 15) is 4.79 Å². The third-order valence-corrected chi connectivity index (χ3v) is 5.70. The lowest BCUT2D eigenvalue weighted by Gasteiger charge is -2.34. The normalized spacial score (nSPS) is 25.0. The molecule has 3 heterocycles. The Labute approximate surface area is 148 Å². The summed E-state index contributed by atoms with van der Waals surface area (Å²) in [6, 6.07) is 6.83. The largest absolute Gasteiger partial charge is 0.379 e. The molecule has 134 valence electrons. The van der Waals surface area contributed by atoms with Crippen LogP contribution in [-0.2, 0) is 16.0 Å². The van der Waals surface area contributed by atoms with E-state index in [1.807, 2.05) is 6.20 Å². The van der Waals surface area contributed by atoms with Gasteiger partial charge in [0, 0.05) is 49.3 Å². The average Bonchev–Trinajstić information content (AvgIpc) is 3.19. The van der Waals surface area contributed by atoms with Gasteiger partial charge >= 0.3 is 0 Å². The van der Waals surface area contributed by atoms with Crippen LogP contribution in [0.1, 0.15) is 18.1 Å². The number of carbonyl (C=O) groups excluding carboxylic acids is 1. The fraction of sp³-hybridized carbons (Fsp3) is 0.550. The second kappa shape index (κ2) is 6.81. The van der Waals surface area contributed by atoms with Crippen LogP contribution in [0.2, 0.25) is 0 Å². The highest BCUT2D eigenvalue weighted by molar-refractivity contribution is 5.89. The van der Waals surface area contributed by atoms with E-state index in [-0.39, 0.29) is 5.91 Å². The standard InChI is InChI=1S/C20H27N3O2/c1-14-3-4-17-16(11-21-18(17)9-14)10-20(24)23-12-15(2)19(13-23)22-5-7-25-8-6-22/h3-4,9,11,15,19,21H,5-8,10,12-13H2,1-2H3/t15-,19+/m1/s1. The molecule has 0 unspecified atom stereocenters. The number of nitrogens with one attached hydrogen (secondary N) is 1. The highest BCUT2D eigenvalue weighted by Gasteiger charge is 2.36. The molecule has 1 amide bonds. The van der Waals surface area contributed by atoms with Gasteiger partial charge in [0.25, 0.3) is 0 Å². The summed E-state index contributed by atoms with van der Waals surface area (Å²) in [6.45, 7) is 9.66. The number of aryl methyl sites for hydroxylation is 1. The molecule has 0 saturated carbocycles. The summed E-state index contributed by atoms with van der Waals surface area (Å²) in [6.07, 6.45) is 2.46. The third-order valence-electron chi connectivity index (χ3n) is 5.70. The number of hydrogen-bond acceptors (Lipinski definition) is 3. The number of likely N-dealkylation sites (tertiary alicyclic amines) is 1. The molecule has 0 spiro atoms. The van der Waals surface area contributed by atoms with Crippen LogP contribution >= 0.6 is 0 Å². The minimum Gasteiger partial charge on any atom is -0.379 e. The summed E-state index contributed by atoms with van der Waals surface area (Å²) in [5.74, 6) is 0.761. The van der Waals surface area contributed by atoms with Gasteiger partial charge in [0.1, 0.15) is 0 Å². The highest BCUT2D eigenvalue weighted by Crippen LogP contribution is 2.25. The number of carbonyl (C=O) groups is 1. The molecule has 5 heteroatoms. The van der Waals surface area contributed by atoms with Gasteiger partial charge in [0.05, 0.1) is 19.6 Å². The zero-order valence-electron chi connectivity index (χ0n) is 15.1. The van der Waals surface area contributed by atoms with E-state index < -0.39 is 0 Å². The number of morpholine rings is 1. The summed E-state index contributed by atoms with van der Waals surface area (Å²) >= 11 is 0. The predicted molar refractivity (Wildman–Crippen MR) is 98.7 cm³/mol. The van der Waals surface area contributed by atoms with Gasteiger partial charge in [0.15, 0.2) is 0 Å². The van der Waals surface area contributed by atoms with Gasteiger partial charge in [0.2, 0.25) is 5.91 Å². The summed E-state index contributed by atoms with van der Waals surface area (Å²) in [7, 11) is 0.